The monoisotopic (exact) mass is 365 g/mol. The van der Waals surface area contributed by atoms with Gasteiger partial charge in [0.1, 0.15) is 19.3 Å². The molecule has 10 heteroatoms. The minimum absolute atomic E-state index is 0.0472. The Kier molecular flexibility index (Phi) is 6.06. The van der Waals surface area contributed by atoms with Crippen LogP contribution >= 0.6 is 0 Å². The third-order valence-corrected chi connectivity index (χ3v) is 3.71. The number of aromatic nitrogens is 4. The van der Waals surface area contributed by atoms with E-state index >= 15 is 0 Å². The van der Waals surface area contributed by atoms with Gasteiger partial charge in [0, 0.05) is 25.2 Å². The van der Waals surface area contributed by atoms with Crippen LogP contribution in [0.15, 0.2) is 10.7 Å². The van der Waals surface area contributed by atoms with Crippen molar-refractivity contribution < 1.29 is 19.0 Å². The highest BCUT2D eigenvalue weighted by Crippen LogP contribution is 2.19. The predicted molar refractivity (Wildman–Crippen MR) is 90.5 cm³/mol. The molecule has 0 fully saturated rings. The van der Waals surface area contributed by atoms with Gasteiger partial charge in [0.2, 0.25) is 5.89 Å². The zero-order chi connectivity index (χ0) is 19.3. The molecule has 0 aliphatic heterocycles. The Morgan fingerprint density at radius 3 is 2.77 bits per heavy atom. The summed E-state index contributed by atoms with van der Waals surface area (Å²) < 4.78 is 11.7. The van der Waals surface area contributed by atoms with Gasteiger partial charge in [-0.05, 0) is 11.3 Å². The molecular formula is C16H23N5O5. The van der Waals surface area contributed by atoms with Crippen LogP contribution in [0.1, 0.15) is 51.2 Å². The van der Waals surface area contributed by atoms with Crippen LogP contribution in [0.25, 0.3) is 0 Å². The number of ether oxygens (including phenoxy) is 1. The third-order valence-electron chi connectivity index (χ3n) is 3.71. The first-order valence-electron chi connectivity index (χ1n) is 8.33. The van der Waals surface area contributed by atoms with Crippen molar-refractivity contribution in [2.24, 2.45) is 0 Å². The van der Waals surface area contributed by atoms with Crippen LogP contribution in [0.4, 0.5) is 5.82 Å². The number of imidazole rings is 1. The maximum atomic E-state index is 11.8. The van der Waals surface area contributed by atoms with Crippen molar-refractivity contribution in [3.05, 3.63) is 33.9 Å². The maximum absolute atomic E-state index is 11.8. The number of hydrogen-bond donors (Lipinski definition) is 0. The van der Waals surface area contributed by atoms with Crippen LogP contribution in [0.5, 0.6) is 0 Å². The van der Waals surface area contributed by atoms with Crippen LogP contribution in [0.3, 0.4) is 0 Å². The Balaban J connectivity index is 1.72. The third kappa shape index (κ3) is 5.11. The molecule has 0 N–H and O–H groups in total. The highest BCUT2D eigenvalue weighted by atomic mass is 16.6. The Bertz CT molecular complexity index is 774. The largest absolute Gasteiger partial charge is 0.461 e. The maximum Gasteiger partial charge on any atom is 0.342 e. The average molecular weight is 365 g/mol. The lowest BCUT2D eigenvalue weighted by atomic mass is 9.96. The molecule has 0 amide bonds. The molecule has 0 aromatic carbocycles. The molecule has 2 rings (SSSR count). The predicted octanol–water partition coefficient (Wildman–Crippen LogP) is 2.35. The normalized spacial score (nSPS) is 11.5. The van der Waals surface area contributed by atoms with Crippen LogP contribution in [0, 0.1) is 17.0 Å². The van der Waals surface area contributed by atoms with Gasteiger partial charge in [0.15, 0.2) is 11.6 Å². The minimum Gasteiger partial charge on any atom is -0.461 e. The molecule has 0 atom stereocenters. The van der Waals surface area contributed by atoms with Gasteiger partial charge < -0.3 is 19.4 Å². The van der Waals surface area contributed by atoms with Crippen molar-refractivity contribution in [1.29, 1.82) is 0 Å². The summed E-state index contributed by atoms with van der Waals surface area (Å²) in [5, 5.41) is 14.8. The van der Waals surface area contributed by atoms with Crippen molar-refractivity contribution in [2.45, 2.75) is 58.9 Å². The van der Waals surface area contributed by atoms with E-state index in [1.807, 2.05) is 20.8 Å². The summed E-state index contributed by atoms with van der Waals surface area (Å²) in [6.45, 7) is 7.87. The fourth-order valence-corrected chi connectivity index (χ4v) is 2.25. The van der Waals surface area contributed by atoms with Gasteiger partial charge in [-0.25, -0.2) is 9.55 Å². The number of esters is 1. The molecule has 142 valence electrons. The molecule has 0 unspecified atom stereocenters. The minimum atomic E-state index is -0.516. The lowest BCUT2D eigenvalue weighted by Crippen LogP contribution is -2.14. The summed E-state index contributed by atoms with van der Waals surface area (Å²) in [7, 11) is 0. The Labute approximate surface area is 150 Å². The van der Waals surface area contributed by atoms with E-state index in [0.717, 1.165) is 0 Å². The Morgan fingerprint density at radius 1 is 1.42 bits per heavy atom. The summed E-state index contributed by atoms with van der Waals surface area (Å²) >= 11 is 0. The molecule has 0 radical (unpaired) electrons. The number of rotatable bonds is 8. The second-order valence-electron chi connectivity index (χ2n) is 6.91. The van der Waals surface area contributed by atoms with E-state index in [-0.39, 0.29) is 36.8 Å². The second-order valence-corrected chi connectivity index (χ2v) is 6.91. The first kappa shape index (κ1) is 19.5. The van der Waals surface area contributed by atoms with Crippen LogP contribution in [-0.4, -0.2) is 37.2 Å². The molecule has 0 aliphatic rings. The zero-order valence-electron chi connectivity index (χ0n) is 15.4. The smallest absolute Gasteiger partial charge is 0.342 e. The first-order chi connectivity index (χ1) is 12.2. The number of aryl methyl sites for hydroxylation is 2. The van der Waals surface area contributed by atoms with Gasteiger partial charge in [-0.15, -0.1) is 0 Å². The molecule has 2 aromatic heterocycles. The van der Waals surface area contributed by atoms with Gasteiger partial charge in [-0.1, -0.05) is 25.9 Å². The summed E-state index contributed by atoms with van der Waals surface area (Å²) in [6.07, 6.45) is 2.41. The van der Waals surface area contributed by atoms with Gasteiger partial charge in [-0.3, -0.25) is 4.79 Å². The zero-order valence-corrected chi connectivity index (χ0v) is 15.4. The van der Waals surface area contributed by atoms with Crippen molar-refractivity contribution in [3.8, 4) is 0 Å². The van der Waals surface area contributed by atoms with E-state index in [9.17, 15) is 14.9 Å². The summed E-state index contributed by atoms with van der Waals surface area (Å²) in [4.78, 5) is 30.4. The first-order valence-corrected chi connectivity index (χ1v) is 8.33. The number of nitro groups is 1. The van der Waals surface area contributed by atoms with Gasteiger partial charge >= 0.3 is 11.8 Å². The molecule has 0 aliphatic carbocycles. The number of hydrogen-bond acceptors (Lipinski definition) is 8. The molecule has 10 nitrogen and oxygen atoms in total. The Morgan fingerprint density at radius 2 is 2.15 bits per heavy atom. The lowest BCUT2D eigenvalue weighted by molar-refractivity contribution is -0.392. The number of nitrogens with zero attached hydrogens (tertiary/aromatic N) is 5. The van der Waals surface area contributed by atoms with Crippen LogP contribution < -0.4 is 0 Å². The molecular weight excluding hydrogens is 342 g/mol. The summed E-state index contributed by atoms with van der Waals surface area (Å²) in [5.74, 6) is 1.13. The molecule has 0 saturated carbocycles. The fourth-order valence-electron chi connectivity index (χ4n) is 2.25. The second kappa shape index (κ2) is 8.07. The summed E-state index contributed by atoms with van der Waals surface area (Å²) in [6, 6.07) is 0. The molecule has 0 spiro atoms. The van der Waals surface area contributed by atoms with Crippen molar-refractivity contribution in [3.63, 3.8) is 0 Å². The molecule has 2 heterocycles. The van der Waals surface area contributed by atoms with Crippen molar-refractivity contribution in [1.82, 2.24) is 19.7 Å². The number of carbonyl (C=O) groups is 1. The van der Waals surface area contributed by atoms with Crippen molar-refractivity contribution in [2.75, 3.05) is 6.61 Å². The fraction of sp³-hybridized carbons (Fsp3) is 0.625. The van der Waals surface area contributed by atoms with Crippen molar-refractivity contribution >= 4 is 11.8 Å². The highest BCUT2D eigenvalue weighted by molar-refractivity contribution is 5.69. The van der Waals surface area contributed by atoms with Gasteiger partial charge in [0.05, 0.1) is 0 Å². The summed E-state index contributed by atoms with van der Waals surface area (Å²) in [5.41, 5.74) is -0.186. The average Bonchev–Trinajstić information content (AvgIpc) is 3.15. The number of carbonyl (C=O) groups excluding carboxylic acids is 1. The van der Waals surface area contributed by atoms with Gasteiger partial charge in [0.25, 0.3) is 0 Å². The van der Waals surface area contributed by atoms with Crippen LogP contribution in [0.2, 0.25) is 0 Å². The lowest BCUT2D eigenvalue weighted by Gasteiger charge is -2.10. The van der Waals surface area contributed by atoms with E-state index < -0.39 is 4.92 Å². The van der Waals surface area contributed by atoms with E-state index in [1.54, 1.807) is 6.92 Å². The van der Waals surface area contributed by atoms with Gasteiger partial charge in [-0.2, -0.15) is 4.98 Å². The molecule has 26 heavy (non-hydrogen) atoms. The molecule has 0 bridgehead atoms. The Hall–Kier alpha value is -2.78. The van der Waals surface area contributed by atoms with E-state index in [1.165, 1.54) is 10.8 Å². The van der Waals surface area contributed by atoms with E-state index in [4.69, 9.17) is 9.26 Å². The van der Waals surface area contributed by atoms with Crippen LogP contribution in [-0.2, 0) is 27.9 Å². The quantitative estimate of drug-likeness (QED) is 0.396. The topological polar surface area (TPSA) is 126 Å². The molecule has 2 aromatic rings. The highest BCUT2D eigenvalue weighted by Gasteiger charge is 2.21. The van der Waals surface area contributed by atoms with E-state index in [2.05, 4.69) is 15.1 Å². The molecule has 0 saturated heterocycles. The van der Waals surface area contributed by atoms with E-state index in [0.29, 0.717) is 30.4 Å². The standard InChI is InChI=1S/C16H23N5O5/c1-11-17-10-13(21(23)24)20(11)8-9-25-14(22)7-5-6-12-18-15(19-26-12)16(2,3)4/h10H,5-9H2,1-4H3. The SMILES string of the molecule is Cc1ncc([N+](=O)[O-])n1CCOC(=O)CCCc1nc(C(C)(C)C)no1.